The molecule has 2 heterocycles. The van der Waals surface area contributed by atoms with Gasteiger partial charge in [-0.3, -0.25) is 19.7 Å². The van der Waals surface area contributed by atoms with Crippen molar-refractivity contribution in [3.8, 4) is 0 Å². The van der Waals surface area contributed by atoms with Gasteiger partial charge in [-0.1, -0.05) is 12.1 Å². The molecular formula is C20H24N4O3. The summed E-state index contributed by atoms with van der Waals surface area (Å²) in [6.45, 7) is 1.99. The van der Waals surface area contributed by atoms with Crippen LogP contribution in [0.1, 0.15) is 53.6 Å². The first kappa shape index (κ1) is 16.9. The van der Waals surface area contributed by atoms with E-state index in [1.54, 1.807) is 4.90 Å². The Bertz CT molecular complexity index is 845. The van der Waals surface area contributed by atoms with Crippen LogP contribution < -0.4 is 16.4 Å². The summed E-state index contributed by atoms with van der Waals surface area (Å²) in [6, 6.07) is 5.36. The lowest BCUT2D eigenvalue weighted by Gasteiger charge is -2.71. The van der Waals surface area contributed by atoms with Crippen LogP contribution in [0.5, 0.6) is 0 Å². The summed E-state index contributed by atoms with van der Waals surface area (Å²) in [4.78, 5) is 37.8. The first-order valence-electron chi connectivity index (χ1n) is 9.64. The Kier molecular flexibility index (Phi) is 3.52. The van der Waals surface area contributed by atoms with E-state index in [9.17, 15) is 14.4 Å². The van der Waals surface area contributed by atoms with Crippen LogP contribution in [0, 0.1) is 5.41 Å². The number of piperidine rings is 1. The van der Waals surface area contributed by atoms with Crippen molar-refractivity contribution in [1.82, 2.24) is 15.5 Å². The Morgan fingerprint density at radius 3 is 2.70 bits per heavy atom. The molecule has 3 amide bonds. The average molecular weight is 368 g/mol. The number of carbonyl (C=O) groups excluding carboxylic acids is 3. The Hall–Kier alpha value is -2.25. The van der Waals surface area contributed by atoms with Crippen LogP contribution in [-0.2, 0) is 22.7 Å². The number of carbonyl (C=O) groups is 3. The molecule has 2 aliphatic heterocycles. The zero-order valence-electron chi connectivity index (χ0n) is 15.2. The molecule has 4 N–H and O–H groups in total. The van der Waals surface area contributed by atoms with Gasteiger partial charge < -0.3 is 16.0 Å². The van der Waals surface area contributed by atoms with Gasteiger partial charge in [0.15, 0.2) is 0 Å². The second-order valence-corrected chi connectivity index (χ2v) is 8.76. The van der Waals surface area contributed by atoms with E-state index in [-0.39, 0.29) is 29.7 Å². The molecule has 5 aliphatic rings. The number of nitrogens with one attached hydrogen (secondary N) is 2. The maximum atomic E-state index is 12.7. The third-order valence-electron chi connectivity index (χ3n) is 6.83. The molecule has 27 heavy (non-hydrogen) atoms. The van der Waals surface area contributed by atoms with Crippen LogP contribution in [0.4, 0.5) is 0 Å². The largest absolute Gasteiger partial charge is 0.330 e. The molecular weight excluding hydrogens is 344 g/mol. The highest BCUT2D eigenvalue weighted by atomic mass is 16.2. The van der Waals surface area contributed by atoms with Gasteiger partial charge in [-0.2, -0.15) is 0 Å². The Balaban J connectivity index is 1.25. The molecule has 4 fully saturated rings. The van der Waals surface area contributed by atoms with Crippen molar-refractivity contribution in [2.45, 2.75) is 56.8 Å². The zero-order chi connectivity index (χ0) is 18.8. The van der Waals surface area contributed by atoms with Crippen LogP contribution in [0.2, 0.25) is 0 Å². The minimum atomic E-state index is -0.558. The fourth-order valence-corrected chi connectivity index (χ4v) is 5.43. The van der Waals surface area contributed by atoms with E-state index in [0.29, 0.717) is 23.9 Å². The minimum Gasteiger partial charge on any atom is -0.330 e. The Morgan fingerprint density at radius 1 is 1.22 bits per heavy atom. The van der Waals surface area contributed by atoms with E-state index >= 15 is 0 Å². The van der Waals surface area contributed by atoms with Crippen LogP contribution in [0.25, 0.3) is 0 Å². The smallest absolute Gasteiger partial charge is 0.255 e. The van der Waals surface area contributed by atoms with Gasteiger partial charge in [0.25, 0.3) is 5.91 Å². The predicted octanol–water partition coefficient (Wildman–Crippen LogP) is 0.419. The topological polar surface area (TPSA) is 105 Å². The molecule has 0 spiro atoms. The van der Waals surface area contributed by atoms with Gasteiger partial charge in [0.2, 0.25) is 11.8 Å². The molecule has 1 atom stereocenters. The highest BCUT2D eigenvalue weighted by Crippen LogP contribution is 2.66. The molecule has 1 saturated heterocycles. The lowest BCUT2D eigenvalue weighted by atomic mass is 9.39. The first-order valence-corrected chi connectivity index (χ1v) is 9.64. The van der Waals surface area contributed by atoms with Gasteiger partial charge >= 0.3 is 0 Å². The number of rotatable bonds is 5. The summed E-state index contributed by atoms with van der Waals surface area (Å²) in [5, 5.41) is 6.01. The second kappa shape index (κ2) is 5.62. The number of nitrogens with zero attached hydrogens (tertiary/aromatic N) is 1. The summed E-state index contributed by atoms with van der Waals surface area (Å²) in [5.74, 6) is -0.756. The van der Waals surface area contributed by atoms with Gasteiger partial charge in [0, 0.05) is 30.6 Å². The minimum absolute atomic E-state index is 0.122. The van der Waals surface area contributed by atoms with Crippen LogP contribution >= 0.6 is 0 Å². The molecule has 142 valence electrons. The number of hydrogen-bond donors (Lipinski definition) is 3. The highest BCUT2D eigenvalue weighted by Gasteiger charge is 2.66. The van der Waals surface area contributed by atoms with Crippen molar-refractivity contribution in [3.05, 3.63) is 34.9 Å². The van der Waals surface area contributed by atoms with Crippen molar-refractivity contribution in [2.24, 2.45) is 11.1 Å². The van der Waals surface area contributed by atoms with Gasteiger partial charge in [-0.15, -0.1) is 0 Å². The Morgan fingerprint density at radius 2 is 2.00 bits per heavy atom. The predicted molar refractivity (Wildman–Crippen MR) is 97.4 cm³/mol. The number of imide groups is 1. The van der Waals surface area contributed by atoms with Crippen molar-refractivity contribution in [3.63, 3.8) is 0 Å². The second-order valence-electron chi connectivity index (χ2n) is 8.76. The van der Waals surface area contributed by atoms with Crippen molar-refractivity contribution >= 4 is 17.7 Å². The van der Waals surface area contributed by atoms with E-state index in [4.69, 9.17) is 5.73 Å². The van der Waals surface area contributed by atoms with Crippen molar-refractivity contribution < 1.29 is 14.4 Å². The van der Waals surface area contributed by atoms with Crippen molar-refractivity contribution in [1.29, 1.82) is 0 Å². The normalized spacial score (nSPS) is 34.0. The van der Waals surface area contributed by atoms with E-state index in [1.807, 2.05) is 12.1 Å². The van der Waals surface area contributed by atoms with Gasteiger partial charge in [-0.25, -0.2) is 0 Å². The van der Waals surface area contributed by atoms with E-state index in [2.05, 4.69) is 16.7 Å². The summed E-state index contributed by atoms with van der Waals surface area (Å²) < 4.78 is 0. The summed E-state index contributed by atoms with van der Waals surface area (Å²) >= 11 is 0. The number of fused-ring (bicyclic) bond motifs is 1. The number of amides is 3. The molecule has 7 heteroatoms. The van der Waals surface area contributed by atoms with Gasteiger partial charge in [0.1, 0.15) is 6.04 Å². The molecule has 1 unspecified atom stereocenters. The van der Waals surface area contributed by atoms with Crippen LogP contribution in [-0.4, -0.2) is 40.7 Å². The molecule has 0 radical (unpaired) electrons. The molecule has 1 aromatic rings. The van der Waals surface area contributed by atoms with Crippen molar-refractivity contribution in [2.75, 3.05) is 6.54 Å². The molecule has 3 saturated carbocycles. The Labute approximate surface area is 157 Å². The van der Waals surface area contributed by atoms with Gasteiger partial charge in [-0.05, 0) is 54.8 Å². The number of benzene rings is 1. The molecule has 6 rings (SSSR count). The fourth-order valence-electron chi connectivity index (χ4n) is 5.43. The SMILES string of the molecule is NCC12CC(NCc3ccc4c(c3)CN(C3CCC(=O)NC3=O)C4=O)(C1)C2. The summed E-state index contributed by atoms with van der Waals surface area (Å²) in [7, 11) is 0. The lowest BCUT2D eigenvalue weighted by Crippen LogP contribution is -2.75. The van der Waals surface area contributed by atoms with Crippen LogP contribution in [0.15, 0.2) is 18.2 Å². The van der Waals surface area contributed by atoms with Gasteiger partial charge in [0.05, 0.1) is 0 Å². The summed E-state index contributed by atoms with van der Waals surface area (Å²) in [5.41, 5.74) is 9.27. The fraction of sp³-hybridized carbons (Fsp3) is 0.550. The van der Waals surface area contributed by atoms with E-state index in [0.717, 1.165) is 24.2 Å². The maximum absolute atomic E-state index is 12.7. The van der Waals surface area contributed by atoms with E-state index in [1.165, 1.54) is 19.3 Å². The average Bonchev–Trinajstić information content (AvgIpc) is 2.89. The zero-order valence-corrected chi connectivity index (χ0v) is 15.2. The summed E-state index contributed by atoms with van der Waals surface area (Å²) in [6.07, 6.45) is 4.18. The van der Waals surface area contributed by atoms with E-state index < -0.39 is 6.04 Å². The third kappa shape index (κ3) is 2.52. The first-order chi connectivity index (χ1) is 12.9. The number of hydrogen-bond acceptors (Lipinski definition) is 5. The molecule has 0 aromatic heterocycles. The third-order valence-corrected chi connectivity index (χ3v) is 6.83. The number of nitrogens with two attached hydrogens (primary N) is 1. The lowest BCUT2D eigenvalue weighted by molar-refractivity contribution is -0.147. The van der Waals surface area contributed by atoms with Crippen LogP contribution in [0.3, 0.4) is 0 Å². The molecule has 1 aromatic carbocycles. The highest BCUT2D eigenvalue weighted by molar-refractivity contribution is 6.05. The molecule has 7 nitrogen and oxygen atoms in total. The monoisotopic (exact) mass is 368 g/mol. The standard InChI is InChI=1S/C20H24N4O3/c21-11-19-8-20(9-19,10-19)22-6-12-1-2-14-13(5-12)7-24(18(14)27)15-3-4-16(25)23-17(15)26/h1-2,5,15,22H,3-4,6-11,21H2,(H,23,25,26). The quantitative estimate of drug-likeness (QED) is 0.654. The molecule has 3 aliphatic carbocycles. The maximum Gasteiger partial charge on any atom is 0.255 e. The molecule has 2 bridgehead atoms.